The van der Waals surface area contributed by atoms with Crippen molar-refractivity contribution in [3.63, 3.8) is 0 Å². The van der Waals surface area contributed by atoms with E-state index in [0.29, 0.717) is 30.5 Å². The summed E-state index contributed by atoms with van der Waals surface area (Å²) in [6.45, 7) is 21.6. The molecule has 6 nitrogen and oxygen atoms in total. The number of aryl methyl sites for hydroxylation is 4. The van der Waals surface area contributed by atoms with Crippen LogP contribution in [0.4, 0.5) is 0 Å². The summed E-state index contributed by atoms with van der Waals surface area (Å²) in [5.41, 5.74) is 8.59. The van der Waals surface area contributed by atoms with Gasteiger partial charge in [0.05, 0.1) is 6.61 Å². The fraction of sp³-hybridized carbons (Fsp3) is 0.455. The van der Waals surface area contributed by atoms with Crippen LogP contribution in [0, 0.1) is 27.7 Å². The zero-order valence-electron chi connectivity index (χ0n) is 31.8. The van der Waals surface area contributed by atoms with Crippen molar-refractivity contribution in [2.24, 2.45) is 0 Å². The number of hydrogen-bond acceptors (Lipinski definition) is 6. The van der Waals surface area contributed by atoms with Crippen LogP contribution in [0.25, 0.3) is 0 Å². The van der Waals surface area contributed by atoms with Crippen LogP contribution in [0.2, 0.25) is 0 Å². The Morgan fingerprint density at radius 2 is 0.960 bits per heavy atom. The molecule has 0 amide bonds. The molecule has 4 aromatic carbocycles. The van der Waals surface area contributed by atoms with Gasteiger partial charge in [-0.05, 0) is 136 Å². The average Bonchev–Trinajstić information content (AvgIpc) is 3.45. The van der Waals surface area contributed by atoms with Gasteiger partial charge < -0.3 is 29.5 Å². The Morgan fingerprint density at radius 3 is 1.26 bits per heavy atom. The predicted molar refractivity (Wildman–Crippen MR) is 203 cm³/mol. The van der Waals surface area contributed by atoms with Gasteiger partial charge in [-0.2, -0.15) is 0 Å². The quantitative estimate of drug-likeness (QED) is 0.146. The second-order valence-electron chi connectivity index (χ2n) is 14.3. The molecule has 1 heterocycles. The smallest absolute Gasteiger partial charge is 0.163 e. The first kappa shape index (κ1) is 38.8. The van der Waals surface area contributed by atoms with E-state index >= 15 is 0 Å². The maximum Gasteiger partial charge on any atom is 0.163 e. The normalized spacial score (nSPS) is 15.8. The molecule has 5 rings (SSSR count). The van der Waals surface area contributed by atoms with Gasteiger partial charge in [0, 0.05) is 10.8 Å². The molecule has 1 fully saturated rings. The first-order chi connectivity index (χ1) is 23.6. The minimum Gasteiger partial charge on any atom is -0.508 e. The highest BCUT2D eigenvalue weighted by atomic mass is 16.7. The number of hydrogen-bond donors (Lipinski definition) is 3. The van der Waals surface area contributed by atoms with Gasteiger partial charge >= 0.3 is 0 Å². The zero-order chi connectivity index (χ0) is 36.9. The Labute approximate surface area is 300 Å². The highest BCUT2D eigenvalue weighted by molar-refractivity contribution is 5.49. The first-order valence-corrected chi connectivity index (χ1v) is 18.1. The third kappa shape index (κ3) is 8.14. The van der Waals surface area contributed by atoms with Crippen LogP contribution >= 0.6 is 0 Å². The van der Waals surface area contributed by atoms with Gasteiger partial charge in [-0.15, -0.1) is 0 Å². The fourth-order valence-electron chi connectivity index (χ4n) is 7.46. The number of aromatic hydroxyl groups is 3. The van der Waals surface area contributed by atoms with Gasteiger partial charge in [-0.3, -0.25) is 0 Å². The Morgan fingerprint density at radius 1 is 0.600 bits per heavy atom. The van der Waals surface area contributed by atoms with Gasteiger partial charge in [0.1, 0.15) is 35.7 Å². The predicted octanol–water partition coefficient (Wildman–Crippen LogP) is 10.5. The van der Waals surface area contributed by atoms with E-state index in [2.05, 4.69) is 71.0 Å². The standard InChI is InChI=1S/C25H34O4.C19H24O2/c1-7-25(8-2,19-9-11-22(26)17(3)13-19)20-10-12-23(18(4)14-20)27-15-21-16-28-24(5,6)29-21;1-5-19(6-2,15-7-9-17(20)13(3)11-15)16-8-10-18(21)14(4)12-16/h9-14,21,26H,7-8,15-16H2,1-6H3;7-12,20-21H,5-6H2,1-4H3/t21-;/m1./s1. The summed E-state index contributed by atoms with van der Waals surface area (Å²) in [4.78, 5) is 0. The van der Waals surface area contributed by atoms with Crippen molar-refractivity contribution in [3.05, 3.63) is 117 Å². The summed E-state index contributed by atoms with van der Waals surface area (Å²) in [6, 6.07) is 24.2. The molecule has 0 bridgehead atoms. The highest BCUT2D eigenvalue weighted by Gasteiger charge is 2.34. The molecule has 1 aliphatic heterocycles. The SMILES string of the molecule is CCC(CC)(c1ccc(O)c(C)c1)c1ccc(O)c(C)c1.CCC(CC)(c1ccc(O)c(C)c1)c1ccc(OC[C@@H]2COC(C)(C)O2)c(C)c1. The van der Waals surface area contributed by atoms with Gasteiger partial charge in [0.25, 0.3) is 0 Å². The van der Waals surface area contributed by atoms with Crippen LogP contribution < -0.4 is 4.74 Å². The lowest BCUT2D eigenvalue weighted by atomic mass is 9.70. The minimum absolute atomic E-state index is 0.0468. The Balaban J connectivity index is 0.000000237. The van der Waals surface area contributed by atoms with E-state index in [0.717, 1.165) is 53.7 Å². The largest absolute Gasteiger partial charge is 0.508 e. The Kier molecular flexibility index (Phi) is 12.3. The van der Waals surface area contributed by atoms with Crippen LogP contribution in [0.3, 0.4) is 0 Å². The van der Waals surface area contributed by atoms with Crippen LogP contribution in [0.5, 0.6) is 23.0 Å². The number of phenols is 3. The second-order valence-corrected chi connectivity index (χ2v) is 14.3. The van der Waals surface area contributed by atoms with E-state index < -0.39 is 5.79 Å². The number of ether oxygens (including phenoxy) is 3. The van der Waals surface area contributed by atoms with Crippen molar-refractivity contribution in [2.75, 3.05) is 13.2 Å². The molecule has 0 saturated carbocycles. The van der Waals surface area contributed by atoms with Crippen LogP contribution in [-0.4, -0.2) is 40.4 Å². The lowest BCUT2D eigenvalue weighted by molar-refractivity contribution is -0.141. The molecule has 6 heteroatoms. The van der Waals surface area contributed by atoms with Crippen molar-refractivity contribution >= 4 is 0 Å². The van der Waals surface area contributed by atoms with Gasteiger partial charge in [-0.1, -0.05) is 76.2 Å². The van der Waals surface area contributed by atoms with Gasteiger partial charge in [0.15, 0.2) is 5.79 Å². The van der Waals surface area contributed by atoms with E-state index in [-0.39, 0.29) is 16.9 Å². The average molecular weight is 683 g/mol. The lowest BCUT2D eigenvalue weighted by Gasteiger charge is -2.34. The van der Waals surface area contributed by atoms with E-state index in [1.807, 2.05) is 52.8 Å². The molecule has 4 aromatic rings. The van der Waals surface area contributed by atoms with Crippen molar-refractivity contribution < 1.29 is 29.5 Å². The molecule has 0 radical (unpaired) electrons. The molecular weight excluding hydrogens is 624 g/mol. The van der Waals surface area contributed by atoms with Crippen LogP contribution in [-0.2, 0) is 20.3 Å². The van der Waals surface area contributed by atoms with Gasteiger partial charge in [-0.25, -0.2) is 0 Å². The lowest BCUT2D eigenvalue weighted by Crippen LogP contribution is -2.27. The fourth-order valence-corrected chi connectivity index (χ4v) is 7.46. The van der Waals surface area contributed by atoms with Crippen LogP contribution in [0.15, 0.2) is 72.8 Å². The summed E-state index contributed by atoms with van der Waals surface area (Å²) in [6.07, 6.45) is 3.86. The molecule has 0 aliphatic carbocycles. The summed E-state index contributed by atoms with van der Waals surface area (Å²) in [5.74, 6) is 1.36. The summed E-state index contributed by atoms with van der Waals surface area (Å²) in [5, 5.41) is 29.5. The van der Waals surface area contributed by atoms with E-state index in [1.165, 1.54) is 22.3 Å². The van der Waals surface area contributed by atoms with Gasteiger partial charge in [0.2, 0.25) is 0 Å². The molecule has 270 valence electrons. The maximum atomic E-state index is 9.95. The van der Waals surface area contributed by atoms with E-state index in [1.54, 1.807) is 18.2 Å². The number of phenolic OH excluding ortho intramolecular Hbond substituents is 3. The Hall–Kier alpha value is -4.00. The molecule has 0 unspecified atom stereocenters. The summed E-state index contributed by atoms with van der Waals surface area (Å²) in [7, 11) is 0. The molecule has 1 saturated heterocycles. The van der Waals surface area contributed by atoms with Crippen molar-refractivity contribution in [2.45, 2.75) is 118 Å². The van der Waals surface area contributed by atoms with Crippen molar-refractivity contribution in [1.82, 2.24) is 0 Å². The molecule has 1 aliphatic rings. The molecule has 3 N–H and O–H groups in total. The first-order valence-electron chi connectivity index (χ1n) is 18.1. The number of rotatable bonds is 11. The molecule has 0 spiro atoms. The molecular formula is C44H58O6. The monoisotopic (exact) mass is 682 g/mol. The van der Waals surface area contributed by atoms with Crippen LogP contribution in [0.1, 0.15) is 112 Å². The number of benzene rings is 4. The summed E-state index contributed by atoms with van der Waals surface area (Å²) >= 11 is 0. The molecule has 1 atom stereocenters. The molecule has 0 aromatic heterocycles. The molecule has 50 heavy (non-hydrogen) atoms. The third-order valence-electron chi connectivity index (χ3n) is 10.9. The zero-order valence-corrected chi connectivity index (χ0v) is 31.8. The van der Waals surface area contributed by atoms with Crippen molar-refractivity contribution in [1.29, 1.82) is 0 Å². The van der Waals surface area contributed by atoms with Crippen molar-refractivity contribution in [3.8, 4) is 23.0 Å². The van der Waals surface area contributed by atoms with E-state index in [4.69, 9.17) is 14.2 Å². The Bertz CT molecular complexity index is 1690. The summed E-state index contributed by atoms with van der Waals surface area (Å²) < 4.78 is 17.5. The minimum atomic E-state index is -0.531. The third-order valence-corrected chi connectivity index (χ3v) is 10.9. The van der Waals surface area contributed by atoms with E-state index in [9.17, 15) is 15.3 Å². The highest BCUT2D eigenvalue weighted by Crippen LogP contribution is 2.43. The second kappa shape index (κ2) is 15.9. The maximum absolute atomic E-state index is 9.95. The topological polar surface area (TPSA) is 88.4 Å².